The number of nitrogens with one attached hydrogen (secondary N) is 1. The van der Waals surface area contributed by atoms with Gasteiger partial charge < -0.3 is 5.32 Å². The summed E-state index contributed by atoms with van der Waals surface area (Å²) in [6, 6.07) is 8.05. The first-order chi connectivity index (χ1) is 13.9. The quantitative estimate of drug-likeness (QED) is 0.621. The second kappa shape index (κ2) is 7.56. The second-order valence-corrected chi connectivity index (χ2v) is 8.51. The van der Waals surface area contributed by atoms with Gasteiger partial charge in [0.05, 0.1) is 22.3 Å². The van der Waals surface area contributed by atoms with Crippen molar-refractivity contribution in [3.8, 4) is 5.69 Å². The minimum atomic E-state index is -4.94. The lowest BCUT2D eigenvalue weighted by Gasteiger charge is -2.14. The number of anilines is 1. The lowest BCUT2D eigenvalue weighted by atomic mass is 10.1. The summed E-state index contributed by atoms with van der Waals surface area (Å²) in [5.41, 5.74) is -1.70. The molecule has 158 valence electrons. The molecule has 1 heterocycles. The predicted octanol–water partition coefficient (Wildman–Crippen LogP) is 3.99. The van der Waals surface area contributed by atoms with E-state index in [9.17, 15) is 30.8 Å². The number of nitrogens with zero attached hydrogens (tertiary/aromatic N) is 2. The molecule has 11 heteroatoms. The van der Waals surface area contributed by atoms with Crippen LogP contribution in [0.25, 0.3) is 5.69 Å². The molecule has 30 heavy (non-hydrogen) atoms. The van der Waals surface area contributed by atoms with Gasteiger partial charge in [-0.25, -0.2) is 17.5 Å². The van der Waals surface area contributed by atoms with Crippen molar-refractivity contribution < 1.29 is 30.8 Å². The number of carbonyl (C=O) groups is 1. The topological polar surface area (TPSA) is 81.1 Å². The Morgan fingerprint density at radius 1 is 1.10 bits per heavy atom. The molecule has 3 rings (SSSR count). The van der Waals surface area contributed by atoms with Crippen molar-refractivity contribution in [1.82, 2.24) is 9.78 Å². The molecule has 0 aliphatic rings. The maximum atomic E-state index is 13.7. The first kappa shape index (κ1) is 21.5. The summed E-state index contributed by atoms with van der Waals surface area (Å²) in [7, 11) is -3.59. The minimum Gasteiger partial charge on any atom is -0.322 e. The van der Waals surface area contributed by atoms with Gasteiger partial charge >= 0.3 is 6.18 Å². The summed E-state index contributed by atoms with van der Waals surface area (Å²) in [5.74, 6) is -1.76. The molecular weight excluding hydrogens is 426 g/mol. The van der Waals surface area contributed by atoms with E-state index in [4.69, 9.17) is 0 Å². The third-order valence-corrected chi connectivity index (χ3v) is 5.35. The normalized spacial score (nSPS) is 12.1. The summed E-state index contributed by atoms with van der Waals surface area (Å²) < 4.78 is 78.2. The fraction of sp³-hybridized carbons (Fsp3) is 0.158. The van der Waals surface area contributed by atoms with Crippen LogP contribution in [0.15, 0.2) is 53.6 Å². The van der Waals surface area contributed by atoms with Crippen LogP contribution in [0.5, 0.6) is 0 Å². The van der Waals surface area contributed by atoms with Crippen molar-refractivity contribution in [2.24, 2.45) is 0 Å². The zero-order valence-electron chi connectivity index (χ0n) is 15.7. The number of hydrogen-bond acceptors (Lipinski definition) is 4. The molecule has 0 saturated carbocycles. The maximum Gasteiger partial charge on any atom is 0.434 e. The SMILES string of the molecule is Cc1ccc(S(C)(=O)=O)cc1NC(=O)c1cnn(-c2ccc(F)cc2)c1C(F)(F)F. The fourth-order valence-electron chi connectivity index (χ4n) is 2.72. The molecule has 1 aromatic heterocycles. The van der Waals surface area contributed by atoms with Gasteiger partial charge in [-0.1, -0.05) is 6.07 Å². The van der Waals surface area contributed by atoms with Gasteiger partial charge in [0.25, 0.3) is 5.91 Å². The van der Waals surface area contributed by atoms with Gasteiger partial charge in [0.15, 0.2) is 15.5 Å². The average molecular weight is 441 g/mol. The van der Waals surface area contributed by atoms with Gasteiger partial charge in [-0.2, -0.15) is 18.3 Å². The van der Waals surface area contributed by atoms with E-state index in [1.807, 2.05) is 0 Å². The van der Waals surface area contributed by atoms with Crippen molar-refractivity contribution in [3.63, 3.8) is 0 Å². The Kier molecular flexibility index (Phi) is 5.42. The molecule has 0 saturated heterocycles. The predicted molar refractivity (Wildman–Crippen MR) is 101 cm³/mol. The van der Waals surface area contributed by atoms with Crippen molar-refractivity contribution in [3.05, 3.63) is 71.3 Å². The van der Waals surface area contributed by atoms with Crippen LogP contribution in [0, 0.1) is 12.7 Å². The molecular formula is C19H15F4N3O3S. The fourth-order valence-corrected chi connectivity index (χ4v) is 3.37. The van der Waals surface area contributed by atoms with Gasteiger partial charge in [-0.05, 0) is 48.9 Å². The van der Waals surface area contributed by atoms with E-state index in [2.05, 4.69) is 10.4 Å². The van der Waals surface area contributed by atoms with E-state index in [-0.39, 0.29) is 16.3 Å². The number of rotatable bonds is 4. The second-order valence-electron chi connectivity index (χ2n) is 6.50. The summed E-state index contributed by atoms with van der Waals surface area (Å²) in [5, 5.41) is 5.95. The van der Waals surface area contributed by atoms with Gasteiger partial charge in [0.2, 0.25) is 0 Å². The molecule has 0 aliphatic heterocycles. The van der Waals surface area contributed by atoms with Crippen LogP contribution in [-0.4, -0.2) is 30.4 Å². The Hall–Kier alpha value is -3.21. The largest absolute Gasteiger partial charge is 0.434 e. The van der Waals surface area contributed by atoms with Crippen molar-refractivity contribution >= 4 is 21.4 Å². The van der Waals surface area contributed by atoms with E-state index in [1.165, 1.54) is 18.2 Å². The zero-order chi connectivity index (χ0) is 22.3. The van der Waals surface area contributed by atoms with Crippen LogP contribution in [0.1, 0.15) is 21.6 Å². The van der Waals surface area contributed by atoms with Gasteiger partial charge in [0, 0.05) is 11.9 Å². The zero-order valence-corrected chi connectivity index (χ0v) is 16.5. The molecule has 0 atom stereocenters. The molecule has 0 aliphatic carbocycles. The monoisotopic (exact) mass is 441 g/mol. The lowest BCUT2D eigenvalue weighted by molar-refractivity contribution is -0.143. The Morgan fingerprint density at radius 3 is 2.30 bits per heavy atom. The van der Waals surface area contributed by atoms with E-state index >= 15 is 0 Å². The van der Waals surface area contributed by atoms with E-state index in [0.29, 0.717) is 10.2 Å². The van der Waals surface area contributed by atoms with Crippen LogP contribution >= 0.6 is 0 Å². The number of hydrogen-bond donors (Lipinski definition) is 1. The minimum absolute atomic E-state index is 0.0468. The summed E-state index contributed by atoms with van der Waals surface area (Å²) in [6.07, 6.45) is -3.23. The Labute approximate surface area is 169 Å². The third kappa shape index (κ3) is 4.35. The third-order valence-electron chi connectivity index (χ3n) is 4.24. The number of sulfone groups is 1. The number of aryl methyl sites for hydroxylation is 1. The highest BCUT2D eigenvalue weighted by Crippen LogP contribution is 2.34. The Morgan fingerprint density at radius 2 is 1.73 bits per heavy atom. The van der Waals surface area contributed by atoms with Crippen molar-refractivity contribution in [2.75, 3.05) is 11.6 Å². The number of halogens is 4. The molecule has 0 radical (unpaired) electrons. The standard InChI is InChI=1S/C19H15F4N3O3S/c1-11-3-8-14(30(2,28)29)9-16(11)25-18(27)15-10-24-26(17(15)19(21,22)23)13-6-4-12(20)5-7-13/h3-10H,1-2H3,(H,25,27). The van der Waals surface area contributed by atoms with Crippen molar-refractivity contribution in [2.45, 2.75) is 18.0 Å². The molecule has 2 aromatic carbocycles. The lowest BCUT2D eigenvalue weighted by Crippen LogP contribution is -2.21. The number of carbonyl (C=O) groups excluding carboxylic acids is 1. The number of benzene rings is 2. The number of amides is 1. The highest BCUT2D eigenvalue weighted by Gasteiger charge is 2.40. The van der Waals surface area contributed by atoms with Crippen LogP contribution in [0.2, 0.25) is 0 Å². The smallest absolute Gasteiger partial charge is 0.322 e. The molecule has 0 spiro atoms. The Bertz CT molecular complexity index is 1220. The van der Waals surface area contributed by atoms with Crippen LogP contribution < -0.4 is 5.32 Å². The highest BCUT2D eigenvalue weighted by atomic mass is 32.2. The molecule has 0 unspecified atom stereocenters. The average Bonchev–Trinajstić information content (AvgIpc) is 3.09. The van der Waals surface area contributed by atoms with Crippen molar-refractivity contribution in [1.29, 1.82) is 0 Å². The molecule has 0 fully saturated rings. The van der Waals surface area contributed by atoms with E-state index in [0.717, 1.165) is 36.7 Å². The van der Waals surface area contributed by atoms with E-state index < -0.39 is 39.0 Å². The van der Waals surface area contributed by atoms with Gasteiger partial charge in [0.1, 0.15) is 5.82 Å². The Balaban J connectivity index is 2.04. The molecule has 6 nitrogen and oxygen atoms in total. The van der Waals surface area contributed by atoms with Crippen LogP contribution in [0.3, 0.4) is 0 Å². The molecule has 0 bridgehead atoms. The summed E-state index contributed by atoms with van der Waals surface area (Å²) >= 11 is 0. The summed E-state index contributed by atoms with van der Waals surface area (Å²) in [6.45, 7) is 1.56. The van der Waals surface area contributed by atoms with Crippen LogP contribution in [-0.2, 0) is 16.0 Å². The molecule has 1 N–H and O–H groups in total. The number of aromatic nitrogens is 2. The molecule has 3 aromatic rings. The molecule has 1 amide bonds. The van der Waals surface area contributed by atoms with Gasteiger partial charge in [-0.3, -0.25) is 4.79 Å². The summed E-state index contributed by atoms with van der Waals surface area (Å²) in [4.78, 5) is 12.5. The maximum absolute atomic E-state index is 13.7. The number of alkyl halides is 3. The van der Waals surface area contributed by atoms with Crippen LogP contribution in [0.4, 0.5) is 23.2 Å². The van der Waals surface area contributed by atoms with Gasteiger partial charge in [-0.15, -0.1) is 0 Å². The highest BCUT2D eigenvalue weighted by molar-refractivity contribution is 7.90. The first-order valence-electron chi connectivity index (χ1n) is 8.41. The van der Waals surface area contributed by atoms with E-state index in [1.54, 1.807) is 6.92 Å². The first-order valence-corrected chi connectivity index (χ1v) is 10.3.